The van der Waals surface area contributed by atoms with Crippen molar-refractivity contribution in [1.29, 1.82) is 0 Å². The average Bonchev–Trinajstić information content (AvgIpc) is 3.23. The van der Waals surface area contributed by atoms with E-state index < -0.39 is 17.6 Å². The summed E-state index contributed by atoms with van der Waals surface area (Å²) in [5.41, 5.74) is -1.07. The summed E-state index contributed by atoms with van der Waals surface area (Å²) in [5.74, 6) is -0.504. The zero-order valence-corrected chi connectivity index (χ0v) is 16.1. The summed E-state index contributed by atoms with van der Waals surface area (Å²) in [6, 6.07) is 2.62. The molecule has 2 saturated heterocycles. The Hall–Kier alpha value is -2.36. The number of aliphatic imine (C=N–C) groups is 1. The number of carbonyl (C=O) groups excluding carboxylic acids is 1. The van der Waals surface area contributed by atoms with Crippen molar-refractivity contribution in [3.63, 3.8) is 0 Å². The van der Waals surface area contributed by atoms with Crippen LogP contribution in [0.4, 0.5) is 17.6 Å². The van der Waals surface area contributed by atoms with Crippen molar-refractivity contribution >= 4 is 11.9 Å². The summed E-state index contributed by atoms with van der Waals surface area (Å²) in [6.45, 7) is 2.46. The zero-order chi connectivity index (χ0) is 21.0. The molecule has 0 aromatic heterocycles. The lowest BCUT2D eigenvalue weighted by Crippen LogP contribution is -2.55. The van der Waals surface area contributed by atoms with Gasteiger partial charge in [0.2, 0.25) is 0 Å². The van der Waals surface area contributed by atoms with Crippen molar-refractivity contribution in [1.82, 2.24) is 15.1 Å². The standard InChI is InChI=1S/C19H24F4N4O2/c1-24-18(25-12-13-4-5-14(20)11-15(13)19(21,22)23)27-8-6-26(7-9-27)17(28)16-3-2-10-29-16/h4-5,11,16H,2-3,6-10,12H2,1H3,(H,24,25). The summed E-state index contributed by atoms with van der Waals surface area (Å²) >= 11 is 0. The Balaban J connectivity index is 1.57. The largest absolute Gasteiger partial charge is 0.416 e. The molecule has 2 aliphatic heterocycles. The Morgan fingerprint density at radius 1 is 1.24 bits per heavy atom. The first-order valence-corrected chi connectivity index (χ1v) is 9.51. The van der Waals surface area contributed by atoms with Crippen LogP contribution in [0.2, 0.25) is 0 Å². The van der Waals surface area contributed by atoms with Crippen molar-refractivity contribution in [2.75, 3.05) is 39.8 Å². The Kier molecular flexibility index (Phi) is 6.61. The van der Waals surface area contributed by atoms with Gasteiger partial charge in [-0.05, 0) is 30.5 Å². The van der Waals surface area contributed by atoms with Crippen molar-refractivity contribution in [2.24, 2.45) is 4.99 Å². The molecule has 160 valence electrons. The molecular weight excluding hydrogens is 392 g/mol. The molecule has 0 saturated carbocycles. The zero-order valence-electron chi connectivity index (χ0n) is 16.1. The Morgan fingerprint density at radius 2 is 1.93 bits per heavy atom. The molecule has 0 aliphatic carbocycles. The highest BCUT2D eigenvalue weighted by molar-refractivity contribution is 5.82. The van der Waals surface area contributed by atoms with Crippen LogP contribution in [0.15, 0.2) is 23.2 Å². The lowest BCUT2D eigenvalue weighted by Gasteiger charge is -2.37. The highest BCUT2D eigenvalue weighted by atomic mass is 19.4. The summed E-state index contributed by atoms with van der Waals surface area (Å²) in [6.07, 6.45) is -3.38. The van der Waals surface area contributed by atoms with Gasteiger partial charge in [0.05, 0.1) is 5.56 Å². The number of nitrogens with zero attached hydrogens (tertiary/aromatic N) is 3. The van der Waals surface area contributed by atoms with Crippen LogP contribution in [0.25, 0.3) is 0 Å². The summed E-state index contributed by atoms with van der Waals surface area (Å²) in [7, 11) is 1.54. The predicted molar refractivity (Wildman–Crippen MR) is 98.7 cm³/mol. The molecule has 1 aromatic rings. The highest BCUT2D eigenvalue weighted by Crippen LogP contribution is 2.32. The molecule has 29 heavy (non-hydrogen) atoms. The maximum absolute atomic E-state index is 13.3. The van der Waals surface area contributed by atoms with Gasteiger partial charge in [-0.2, -0.15) is 13.2 Å². The SMILES string of the molecule is CN=C(NCc1ccc(F)cc1C(F)(F)F)N1CCN(C(=O)C2CCCO2)CC1. The van der Waals surface area contributed by atoms with E-state index in [1.807, 2.05) is 4.90 Å². The third-order valence-corrected chi connectivity index (χ3v) is 5.12. The minimum absolute atomic E-state index is 0.00812. The van der Waals surface area contributed by atoms with E-state index in [-0.39, 0.29) is 24.1 Å². The van der Waals surface area contributed by atoms with Gasteiger partial charge in [-0.25, -0.2) is 4.39 Å². The number of piperazine rings is 1. The monoisotopic (exact) mass is 416 g/mol. The molecule has 2 aliphatic rings. The first-order chi connectivity index (χ1) is 13.8. The fourth-order valence-electron chi connectivity index (χ4n) is 3.59. The van der Waals surface area contributed by atoms with E-state index in [4.69, 9.17) is 4.74 Å². The second kappa shape index (κ2) is 8.98. The third kappa shape index (κ3) is 5.17. The van der Waals surface area contributed by atoms with Crippen LogP contribution in [0.3, 0.4) is 0 Å². The van der Waals surface area contributed by atoms with Crippen LogP contribution in [-0.4, -0.2) is 67.6 Å². The molecule has 2 heterocycles. The van der Waals surface area contributed by atoms with Gasteiger partial charge in [-0.1, -0.05) is 6.07 Å². The van der Waals surface area contributed by atoms with Crippen molar-refractivity contribution in [2.45, 2.75) is 31.7 Å². The van der Waals surface area contributed by atoms with Gasteiger partial charge in [0.25, 0.3) is 5.91 Å². The first kappa shape index (κ1) is 21.4. The first-order valence-electron chi connectivity index (χ1n) is 9.51. The maximum atomic E-state index is 13.3. The molecule has 6 nitrogen and oxygen atoms in total. The Labute approximate surface area is 166 Å². The van der Waals surface area contributed by atoms with Gasteiger partial charge in [0.1, 0.15) is 11.9 Å². The summed E-state index contributed by atoms with van der Waals surface area (Å²) in [5, 5.41) is 2.91. The van der Waals surface area contributed by atoms with Crippen molar-refractivity contribution < 1.29 is 27.1 Å². The number of carbonyl (C=O) groups is 1. The van der Waals surface area contributed by atoms with Gasteiger partial charge in [0.15, 0.2) is 5.96 Å². The van der Waals surface area contributed by atoms with Crippen LogP contribution in [0, 0.1) is 5.82 Å². The van der Waals surface area contributed by atoms with Crippen molar-refractivity contribution in [3.05, 3.63) is 35.1 Å². The topological polar surface area (TPSA) is 57.2 Å². The fraction of sp³-hybridized carbons (Fsp3) is 0.579. The number of rotatable bonds is 3. The van der Waals surface area contributed by atoms with Gasteiger partial charge in [0, 0.05) is 46.4 Å². The quantitative estimate of drug-likeness (QED) is 0.467. The third-order valence-electron chi connectivity index (χ3n) is 5.12. The molecule has 3 rings (SSSR count). The van der Waals surface area contributed by atoms with E-state index in [2.05, 4.69) is 10.3 Å². The van der Waals surface area contributed by atoms with Crippen LogP contribution >= 0.6 is 0 Å². The van der Waals surface area contributed by atoms with E-state index in [0.29, 0.717) is 44.8 Å². The van der Waals surface area contributed by atoms with Crippen LogP contribution in [0.1, 0.15) is 24.0 Å². The van der Waals surface area contributed by atoms with Crippen LogP contribution < -0.4 is 5.32 Å². The molecule has 1 aromatic carbocycles. The van der Waals surface area contributed by atoms with Crippen LogP contribution in [0.5, 0.6) is 0 Å². The number of nitrogens with one attached hydrogen (secondary N) is 1. The number of alkyl halides is 3. The molecule has 2 fully saturated rings. The van der Waals surface area contributed by atoms with E-state index >= 15 is 0 Å². The molecular formula is C19H24F4N4O2. The van der Waals surface area contributed by atoms with Gasteiger partial charge in [-0.15, -0.1) is 0 Å². The molecule has 0 bridgehead atoms. The van der Waals surface area contributed by atoms with E-state index in [0.717, 1.165) is 25.0 Å². The molecule has 1 atom stereocenters. The Morgan fingerprint density at radius 3 is 2.52 bits per heavy atom. The number of halogens is 4. The molecule has 1 unspecified atom stereocenters. The minimum Gasteiger partial charge on any atom is -0.368 e. The fourth-order valence-corrected chi connectivity index (χ4v) is 3.59. The molecule has 1 amide bonds. The summed E-state index contributed by atoms with van der Waals surface area (Å²) in [4.78, 5) is 20.2. The number of guanidine groups is 1. The van der Waals surface area contributed by atoms with E-state index in [1.165, 1.54) is 0 Å². The van der Waals surface area contributed by atoms with Gasteiger partial charge in [-0.3, -0.25) is 9.79 Å². The Bertz CT molecular complexity index is 755. The van der Waals surface area contributed by atoms with Gasteiger partial charge >= 0.3 is 6.18 Å². The second-order valence-corrected chi connectivity index (χ2v) is 7.01. The number of ether oxygens (including phenoxy) is 1. The lowest BCUT2D eigenvalue weighted by molar-refractivity contribution is -0.142. The average molecular weight is 416 g/mol. The number of hydrogen-bond acceptors (Lipinski definition) is 3. The highest BCUT2D eigenvalue weighted by Gasteiger charge is 2.34. The normalized spacial score (nSPS) is 20.9. The van der Waals surface area contributed by atoms with Crippen molar-refractivity contribution in [3.8, 4) is 0 Å². The summed E-state index contributed by atoms with van der Waals surface area (Å²) < 4.78 is 58.2. The predicted octanol–water partition coefficient (Wildman–Crippen LogP) is 2.24. The van der Waals surface area contributed by atoms with Crippen LogP contribution in [-0.2, 0) is 22.3 Å². The van der Waals surface area contributed by atoms with Gasteiger partial charge < -0.3 is 19.9 Å². The number of amides is 1. The molecule has 0 radical (unpaired) electrons. The second-order valence-electron chi connectivity index (χ2n) is 7.01. The molecule has 0 spiro atoms. The number of benzene rings is 1. The smallest absolute Gasteiger partial charge is 0.368 e. The van der Waals surface area contributed by atoms with E-state index in [9.17, 15) is 22.4 Å². The lowest BCUT2D eigenvalue weighted by atomic mass is 10.1. The number of hydrogen-bond donors (Lipinski definition) is 1. The van der Waals surface area contributed by atoms with E-state index in [1.54, 1.807) is 11.9 Å². The molecule has 10 heteroatoms. The molecule has 1 N–H and O–H groups in total. The maximum Gasteiger partial charge on any atom is 0.416 e. The minimum atomic E-state index is -4.64.